The second-order valence-electron chi connectivity index (χ2n) is 4.37. The van der Waals surface area contributed by atoms with Crippen LogP contribution in [0.4, 0.5) is 5.69 Å². The van der Waals surface area contributed by atoms with Gasteiger partial charge in [0.05, 0.1) is 0 Å². The molecule has 0 radical (unpaired) electrons. The Labute approximate surface area is 104 Å². The predicted molar refractivity (Wildman–Crippen MR) is 72.3 cm³/mol. The molecule has 0 saturated heterocycles. The summed E-state index contributed by atoms with van der Waals surface area (Å²) in [7, 11) is 0. The van der Waals surface area contributed by atoms with Crippen molar-refractivity contribution in [2.24, 2.45) is 0 Å². The van der Waals surface area contributed by atoms with Crippen LogP contribution in [0, 0.1) is 13.8 Å². The highest BCUT2D eigenvalue weighted by molar-refractivity contribution is 5.91. The van der Waals surface area contributed by atoms with Crippen molar-refractivity contribution in [2.75, 3.05) is 18.4 Å². The predicted octanol–water partition coefficient (Wildman–Crippen LogP) is 2.63. The maximum Gasteiger partial charge on any atom is 0.225 e. The zero-order valence-electron chi connectivity index (χ0n) is 11.0. The average molecular weight is 234 g/mol. The summed E-state index contributed by atoms with van der Waals surface area (Å²) in [5, 5.41) is 6.17. The maximum absolute atomic E-state index is 11.7. The van der Waals surface area contributed by atoms with E-state index in [2.05, 4.69) is 17.6 Å². The fourth-order valence-electron chi connectivity index (χ4n) is 1.59. The number of benzene rings is 1. The molecule has 3 heteroatoms. The van der Waals surface area contributed by atoms with Crippen molar-refractivity contribution in [1.29, 1.82) is 0 Å². The smallest absolute Gasteiger partial charge is 0.225 e. The Balaban J connectivity index is 2.42. The van der Waals surface area contributed by atoms with E-state index < -0.39 is 0 Å². The second-order valence-corrected chi connectivity index (χ2v) is 4.37. The molecular formula is C14H22N2O. The van der Waals surface area contributed by atoms with Crippen molar-refractivity contribution in [3.05, 3.63) is 29.3 Å². The summed E-state index contributed by atoms with van der Waals surface area (Å²) in [5.74, 6) is 0.0716. The number of hydrogen-bond acceptors (Lipinski definition) is 2. The molecule has 0 unspecified atom stereocenters. The molecule has 1 rings (SSSR count). The molecule has 1 aromatic carbocycles. The third-order valence-electron chi connectivity index (χ3n) is 2.62. The third kappa shape index (κ3) is 5.00. The quantitative estimate of drug-likeness (QED) is 0.743. The molecule has 2 N–H and O–H groups in total. The first-order valence-electron chi connectivity index (χ1n) is 6.21. The van der Waals surface area contributed by atoms with Gasteiger partial charge in [-0.15, -0.1) is 0 Å². The number of anilines is 1. The van der Waals surface area contributed by atoms with Gasteiger partial charge in [-0.3, -0.25) is 4.79 Å². The van der Waals surface area contributed by atoms with Crippen molar-refractivity contribution in [3.63, 3.8) is 0 Å². The number of nitrogens with one attached hydrogen (secondary N) is 2. The molecule has 0 fully saturated rings. The molecule has 1 aromatic rings. The van der Waals surface area contributed by atoms with Crippen LogP contribution in [0.1, 0.15) is 30.9 Å². The van der Waals surface area contributed by atoms with E-state index in [1.165, 1.54) is 0 Å². The van der Waals surface area contributed by atoms with Gasteiger partial charge in [-0.25, -0.2) is 0 Å². The van der Waals surface area contributed by atoms with Gasteiger partial charge in [0.15, 0.2) is 0 Å². The fraction of sp³-hybridized carbons (Fsp3) is 0.500. The Bertz CT molecular complexity index is 374. The van der Waals surface area contributed by atoms with Crippen LogP contribution >= 0.6 is 0 Å². The Hall–Kier alpha value is -1.35. The Morgan fingerprint density at radius 2 is 2.00 bits per heavy atom. The fourth-order valence-corrected chi connectivity index (χ4v) is 1.59. The Kier molecular flexibility index (Phi) is 5.70. The Morgan fingerprint density at radius 3 is 2.71 bits per heavy atom. The van der Waals surface area contributed by atoms with Crippen molar-refractivity contribution >= 4 is 11.6 Å². The second kappa shape index (κ2) is 7.07. The lowest BCUT2D eigenvalue weighted by atomic mass is 10.1. The molecule has 0 aliphatic rings. The first-order valence-corrected chi connectivity index (χ1v) is 6.21. The van der Waals surface area contributed by atoms with E-state index in [0.29, 0.717) is 6.42 Å². The molecule has 0 aliphatic heterocycles. The summed E-state index contributed by atoms with van der Waals surface area (Å²) in [6.07, 6.45) is 1.62. The standard InChI is InChI=1S/C14H22N2O/c1-4-8-15-9-7-14(17)16-13-10-11(2)5-6-12(13)3/h5-6,10,15H,4,7-9H2,1-3H3,(H,16,17). The van der Waals surface area contributed by atoms with Gasteiger partial charge in [0.2, 0.25) is 5.91 Å². The molecule has 0 aromatic heterocycles. The Morgan fingerprint density at radius 1 is 1.24 bits per heavy atom. The summed E-state index contributed by atoms with van der Waals surface area (Å²) >= 11 is 0. The van der Waals surface area contributed by atoms with Crippen LogP contribution < -0.4 is 10.6 Å². The number of hydrogen-bond donors (Lipinski definition) is 2. The highest BCUT2D eigenvalue weighted by atomic mass is 16.1. The molecule has 17 heavy (non-hydrogen) atoms. The molecule has 0 heterocycles. The zero-order valence-corrected chi connectivity index (χ0v) is 11.0. The van der Waals surface area contributed by atoms with Gasteiger partial charge >= 0.3 is 0 Å². The normalized spacial score (nSPS) is 10.3. The van der Waals surface area contributed by atoms with Gasteiger partial charge in [-0.2, -0.15) is 0 Å². The first-order chi connectivity index (χ1) is 8.13. The van der Waals surface area contributed by atoms with Gasteiger partial charge < -0.3 is 10.6 Å². The minimum absolute atomic E-state index is 0.0716. The van der Waals surface area contributed by atoms with E-state index in [9.17, 15) is 4.79 Å². The van der Waals surface area contributed by atoms with E-state index in [0.717, 1.165) is 36.3 Å². The molecule has 0 spiro atoms. The largest absolute Gasteiger partial charge is 0.326 e. The van der Waals surface area contributed by atoms with Crippen molar-refractivity contribution in [1.82, 2.24) is 5.32 Å². The minimum Gasteiger partial charge on any atom is -0.326 e. The molecule has 0 aliphatic carbocycles. The topological polar surface area (TPSA) is 41.1 Å². The van der Waals surface area contributed by atoms with E-state index in [1.54, 1.807) is 0 Å². The summed E-state index contributed by atoms with van der Waals surface area (Å²) in [6.45, 7) is 7.85. The SMILES string of the molecule is CCCNCCC(=O)Nc1cc(C)ccc1C. The number of carbonyl (C=O) groups is 1. The van der Waals surface area contributed by atoms with Crippen molar-refractivity contribution in [3.8, 4) is 0 Å². The zero-order chi connectivity index (χ0) is 12.7. The van der Waals surface area contributed by atoms with Crippen LogP contribution in [-0.4, -0.2) is 19.0 Å². The van der Waals surface area contributed by atoms with Crippen LogP contribution in [0.25, 0.3) is 0 Å². The maximum atomic E-state index is 11.7. The van der Waals surface area contributed by atoms with E-state index >= 15 is 0 Å². The van der Waals surface area contributed by atoms with Crippen LogP contribution in [0.5, 0.6) is 0 Å². The van der Waals surface area contributed by atoms with Crippen LogP contribution in [0.15, 0.2) is 18.2 Å². The van der Waals surface area contributed by atoms with Crippen LogP contribution in [-0.2, 0) is 4.79 Å². The van der Waals surface area contributed by atoms with Crippen molar-refractivity contribution in [2.45, 2.75) is 33.6 Å². The molecule has 0 saturated carbocycles. The van der Waals surface area contributed by atoms with Gasteiger partial charge in [0, 0.05) is 18.7 Å². The number of amides is 1. The molecule has 3 nitrogen and oxygen atoms in total. The minimum atomic E-state index is 0.0716. The van der Waals surface area contributed by atoms with Gasteiger partial charge in [0.1, 0.15) is 0 Å². The molecule has 1 amide bonds. The highest BCUT2D eigenvalue weighted by Gasteiger charge is 2.04. The number of aryl methyl sites for hydroxylation is 2. The van der Waals surface area contributed by atoms with Crippen LogP contribution in [0.2, 0.25) is 0 Å². The van der Waals surface area contributed by atoms with Gasteiger partial charge in [-0.05, 0) is 44.0 Å². The van der Waals surface area contributed by atoms with Gasteiger partial charge in [-0.1, -0.05) is 19.1 Å². The van der Waals surface area contributed by atoms with Crippen molar-refractivity contribution < 1.29 is 4.79 Å². The van der Waals surface area contributed by atoms with Crippen LogP contribution in [0.3, 0.4) is 0 Å². The number of rotatable bonds is 6. The molecule has 0 atom stereocenters. The lowest BCUT2D eigenvalue weighted by Crippen LogP contribution is -2.22. The molecular weight excluding hydrogens is 212 g/mol. The third-order valence-corrected chi connectivity index (χ3v) is 2.62. The summed E-state index contributed by atoms with van der Waals surface area (Å²) in [6, 6.07) is 6.08. The van der Waals surface area contributed by atoms with E-state index in [4.69, 9.17) is 0 Å². The monoisotopic (exact) mass is 234 g/mol. The first kappa shape index (κ1) is 13.7. The van der Waals surface area contributed by atoms with E-state index in [1.807, 2.05) is 32.0 Å². The molecule has 94 valence electrons. The summed E-state index contributed by atoms with van der Waals surface area (Å²) in [5.41, 5.74) is 3.19. The van der Waals surface area contributed by atoms with E-state index in [-0.39, 0.29) is 5.91 Å². The molecule has 0 bridgehead atoms. The average Bonchev–Trinajstić information content (AvgIpc) is 2.29. The lowest BCUT2D eigenvalue weighted by molar-refractivity contribution is -0.116. The summed E-state index contributed by atoms with van der Waals surface area (Å²) in [4.78, 5) is 11.7. The highest BCUT2D eigenvalue weighted by Crippen LogP contribution is 2.16. The summed E-state index contributed by atoms with van der Waals surface area (Å²) < 4.78 is 0. The van der Waals surface area contributed by atoms with Gasteiger partial charge in [0.25, 0.3) is 0 Å². The number of carbonyl (C=O) groups excluding carboxylic acids is 1. The lowest BCUT2D eigenvalue weighted by Gasteiger charge is -2.09.